The van der Waals surface area contributed by atoms with Crippen molar-refractivity contribution in [2.75, 3.05) is 30.3 Å². The zero-order chi connectivity index (χ0) is 39.8. The Balaban J connectivity index is 1.56. The third-order valence-electron chi connectivity index (χ3n) is 9.65. The number of ketones is 1. The molecule has 0 aliphatic heterocycles. The van der Waals surface area contributed by atoms with Gasteiger partial charge in [-0.2, -0.15) is 24.4 Å². The lowest BCUT2D eigenvalue weighted by Gasteiger charge is -2.39. The van der Waals surface area contributed by atoms with Crippen LogP contribution in [0.1, 0.15) is 52.9 Å². The standard InChI is InChI=1S/C33H49N9O9S2/c1-15-9-17-25(16(2)33(6-7-33)32(3,51)26(17)45)18(15)13-53-14-19(34)27(46)41-21(10-23(35)43)28(47)39-11-24(44)40-20(5-4-8-38-31(36)37)29(48)42-22(12-52)30(49)50/h9,19-22,51-52H,4-8,10-14,34H2,1-3H3,(H2,35,43)(H,39,47)(H,40,44)(H,41,46)(H,42,48)(H,49,50)(H4,36,37,38)/t19?,20-,21-,22?,32-/m0/s1. The number of thiol groups is 1. The number of nitrogens with one attached hydrogen (secondary N) is 6. The number of aliphatic carboxylic acids is 1. The quantitative estimate of drug-likeness (QED) is 0.0263. The number of carboxylic acid groups (broad SMARTS) is 1. The smallest absolute Gasteiger partial charge is 0.327 e. The highest BCUT2D eigenvalue weighted by molar-refractivity contribution is 7.99. The Hall–Kier alpha value is -4.40. The van der Waals surface area contributed by atoms with Crippen LogP contribution in [-0.4, -0.2) is 118 Å². The van der Waals surface area contributed by atoms with E-state index < -0.39 is 83.7 Å². The van der Waals surface area contributed by atoms with Gasteiger partial charge in [0.1, 0.15) is 23.7 Å². The van der Waals surface area contributed by atoms with E-state index in [1.54, 1.807) is 13.0 Å². The minimum Gasteiger partial charge on any atom is -0.480 e. The van der Waals surface area contributed by atoms with Crippen molar-refractivity contribution in [2.45, 2.75) is 82.6 Å². The van der Waals surface area contributed by atoms with Crippen molar-refractivity contribution in [1.29, 1.82) is 5.41 Å². The Morgan fingerprint density at radius 1 is 1.00 bits per heavy atom. The first-order valence-corrected chi connectivity index (χ1v) is 18.7. The number of nitrogens with two attached hydrogens (primary N) is 3. The molecule has 0 aromatic carbocycles. The van der Waals surface area contributed by atoms with E-state index in [-0.39, 0.29) is 42.6 Å². The summed E-state index contributed by atoms with van der Waals surface area (Å²) in [6.07, 6.45) is 2.85. The summed E-state index contributed by atoms with van der Waals surface area (Å²) in [6.45, 7) is 4.89. The zero-order valence-corrected chi connectivity index (χ0v) is 31.5. The SMILES string of the molecule is CC1=C(CSCC(N)C(=O)N[C@@H](CC(N)=O)C(=O)NCC(=O)N[C@@H](CCCNC(=N)N)C(=O)NC(CS)C(=O)O)C2=C(C)C3(CC3)[C@@](C)(O)C(=O)C2=C1. The van der Waals surface area contributed by atoms with Crippen LogP contribution in [0.3, 0.4) is 0 Å². The number of primary amides is 1. The van der Waals surface area contributed by atoms with Crippen molar-refractivity contribution in [3.8, 4) is 0 Å². The number of rotatable bonds is 20. The lowest BCUT2D eigenvalue weighted by molar-refractivity contribution is -0.141. The Labute approximate surface area is 316 Å². The van der Waals surface area contributed by atoms with Crippen LogP contribution in [0.5, 0.6) is 0 Å². The van der Waals surface area contributed by atoms with Crippen molar-refractivity contribution in [1.82, 2.24) is 26.6 Å². The van der Waals surface area contributed by atoms with Crippen molar-refractivity contribution in [3.63, 3.8) is 0 Å². The van der Waals surface area contributed by atoms with Crippen molar-refractivity contribution in [2.24, 2.45) is 22.6 Å². The van der Waals surface area contributed by atoms with Crippen LogP contribution < -0.4 is 43.8 Å². The molecule has 5 amide bonds. The minimum atomic E-state index is -1.48. The fourth-order valence-corrected chi connectivity index (χ4v) is 7.79. The first-order valence-electron chi connectivity index (χ1n) is 16.9. The Morgan fingerprint density at radius 2 is 1.64 bits per heavy atom. The van der Waals surface area contributed by atoms with Crippen LogP contribution >= 0.6 is 24.4 Å². The number of allylic oxidation sites excluding steroid dienone is 3. The van der Waals surface area contributed by atoms with E-state index in [0.717, 1.165) is 22.3 Å². The maximum absolute atomic E-state index is 13.2. The van der Waals surface area contributed by atoms with Crippen LogP contribution in [0, 0.1) is 10.8 Å². The molecule has 20 heteroatoms. The number of aliphatic hydroxyl groups is 1. The molecule has 292 valence electrons. The monoisotopic (exact) mass is 779 g/mol. The van der Waals surface area contributed by atoms with Gasteiger partial charge in [-0.15, -0.1) is 0 Å². The number of amides is 5. The van der Waals surface area contributed by atoms with Crippen molar-refractivity contribution >= 4 is 71.6 Å². The molecule has 0 radical (unpaired) electrons. The molecule has 53 heavy (non-hydrogen) atoms. The van der Waals surface area contributed by atoms with Crippen LogP contribution in [0.25, 0.3) is 0 Å². The van der Waals surface area contributed by atoms with E-state index in [0.29, 0.717) is 24.2 Å². The first kappa shape index (κ1) is 43.0. The van der Waals surface area contributed by atoms with E-state index in [9.17, 15) is 43.8 Å². The highest BCUT2D eigenvalue weighted by atomic mass is 32.2. The number of hydrogen-bond donors (Lipinski definition) is 12. The summed E-state index contributed by atoms with van der Waals surface area (Å²) < 4.78 is 0. The molecule has 3 rings (SSSR count). The van der Waals surface area contributed by atoms with Gasteiger partial charge in [0, 0.05) is 34.8 Å². The van der Waals surface area contributed by atoms with Crippen molar-refractivity contribution < 1.29 is 43.8 Å². The highest BCUT2D eigenvalue weighted by Gasteiger charge is 2.65. The Bertz CT molecular complexity index is 1640. The average Bonchev–Trinajstić information content (AvgIpc) is 3.84. The van der Waals surface area contributed by atoms with E-state index >= 15 is 0 Å². The molecule has 18 nitrogen and oxygen atoms in total. The summed E-state index contributed by atoms with van der Waals surface area (Å²) in [7, 11) is 0. The summed E-state index contributed by atoms with van der Waals surface area (Å²) in [5.41, 5.74) is 18.7. The van der Waals surface area contributed by atoms with Gasteiger partial charge < -0.3 is 54.0 Å². The predicted molar refractivity (Wildman–Crippen MR) is 199 cm³/mol. The van der Waals surface area contributed by atoms with Gasteiger partial charge in [-0.1, -0.05) is 5.57 Å². The van der Waals surface area contributed by atoms with Gasteiger partial charge in [0.15, 0.2) is 11.7 Å². The number of carbonyl (C=O) groups is 7. The third-order valence-corrected chi connectivity index (χ3v) is 11.1. The van der Waals surface area contributed by atoms with Gasteiger partial charge >= 0.3 is 5.97 Å². The molecule has 0 aromatic heterocycles. The van der Waals surface area contributed by atoms with E-state index in [4.69, 9.17) is 22.6 Å². The van der Waals surface area contributed by atoms with Gasteiger partial charge in [0.2, 0.25) is 29.5 Å². The van der Waals surface area contributed by atoms with Gasteiger partial charge in [0.05, 0.1) is 19.0 Å². The molecule has 0 heterocycles. The fraction of sp³-hybridized carbons (Fsp3) is 0.576. The molecule has 3 aliphatic carbocycles. The molecule has 3 aliphatic rings. The van der Waals surface area contributed by atoms with Crippen molar-refractivity contribution in [3.05, 3.63) is 33.9 Å². The fourth-order valence-electron chi connectivity index (χ4n) is 6.44. The minimum absolute atomic E-state index is 0.00764. The summed E-state index contributed by atoms with van der Waals surface area (Å²) in [4.78, 5) is 87.9. The van der Waals surface area contributed by atoms with Crippen LogP contribution in [0.15, 0.2) is 33.9 Å². The molecule has 1 fully saturated rings. The predicted octanol–water partition coefficient (Wildman–Crippen LogP) is -2.54. The highest BCUT2D eigenvalue weighted by Crippen LogP contribution is 2.65. The maximum Gasteiger partial charge on any atom is 0.327 e. The van der Waals surface area contributed by atoms with Gasteiger partial charge in [-0.05, 0) is 69.2 Å². The van der Waals surface area contributed by atoms with E-state index in [1.165, 1.54) is 11.8 Å². The molecule has 0 bridgehead atoms. The summed E-state index contributed by atoms with van der Waals surface area (Å²) in [6, 6.07) is -5.18. The van der Waals surface area contributed by atoms with Crippen LogP contribution in [0.4, 0.5) is 0 Å². The van der Waals surface area contributed by atoms with Crippen LogP contribution in [-0.2, 0) is 33.6 Å². The second-order valence-corrected chi connectivity index (χ2v) is 14.9. The molecular weight excluding hydrogens is 731 g/mol. The lowest BCUT2D eigenvalue weighted by Crippen LogP contribution is -2.56. The molecule has 1 saturated carbocycles. The molecule has 5 atom stereocenters. The van der Waals surface area contributed by atoms with Crippen LogP contribution in [0.2, 0.25) is 0 Å². The topological polar surface area (TPSA) is 322 Å². The summed E-state index contributed by atoms with van der Waals surface area (Å²) in [5, 5.41) is 39.5. The number of carbonyl (C=O) groups excluding carboxylic acids is 6. The lowest BCUT2D eigenvalue weighted by atomic mass is 9.67. The molecule has 1 spiro atoms. The molecular formula is C33H49N9O9S2. The molecule has 0 aromatic rings. The van der Waals surface area contributed by atoms with Gasteiger partial charge in [-0.25, -0.2) is 4.79 Å². The number of thioether (sulfide) groups is 1. The Morgan fingerprint density at radius 3 is 2.21 bits per heavy atom. The molecule has 2 unspecified atom stereocenters. The van der Waals surface area contributed by atoms with E-state index in [2.05, 4.69) is 39.2 Å². The number of hydrogen-bond acceptors (Lipinski definition) is 12. The summed E-state index contributed by atoms with van der Waals surface area (Å²) in [5.74, 6) is -5.92. The Kier molecular flexibility index (Phi) is 14.7. The number of fused-ring (bicyclic) bond motifs is 1. The largest absolute Gasteiger partial charge is 0.480 e. The zero-order valence-electron chi connectivity index (χ0n) is 29.8. The second-order valence-electron chi connectivity index (χ2n) is 13.5. The maximum atomic E-state index is 13.2. The molecule has 0 saturated heterocycles. The molecule has 14 N–H and O–H groups in total. The van der Waals surface area contributed by atoms with E-state index in [1.807, 2.05) is 13.8 Å². The second kappa shape index (κ2) is 18.1. The number of Topliss-reactive ketones (excluding diaryl/α,β-unsaturated/α-hetero) is 1. The summed E-state index contributed by atoms with van der Waals surface area (Å²) >= 11 is 5.25. The van der Waals surface area contributed by atoms with Gasteiger partial charge in [0.25, 0.3) is 0 Å². The number of guanidine groups is 1. The first-order chi connectivity index (χ1) is 24.8. The average molecular weight is 780 g/mol. The normalized spacial score (nSPS) is 20.7. The third kappa shape index (κ3) is 10.4. The van der Waals surface area contributed by atoms with Gasteiger partial charge in [-0.3, -0.25) is 34.2 Å². The number of carboxylic acids is 1.